The van der Waals surface area contributed by atoms with Gasteiger partial charge in [-0.15, -0.1) is 0 Å². The molecule has 0 heterocycles. The summed E-state index contributed by atoms with van der Waals surface area (Å²) in [7, 11) is -2.58. The largest absolute Gasteiger partial charge is 0.495 e. The molecule has 7 nitrogen and oxygen atoms in total. The van der Waals surface area contributed by atoms with E-state index in [4.69, 9.17) is 14.9 Å². The van der Waals surface area contributed by atoms with Crippen molar-refractivity contribution in [1.82, 2.24) is 4.31 Å². The Labute approximate surface area is 117 Å². The number of hydrogen-bond donors (Lipinski definition) is 2. The normalized spacial score (nSPS) is 11.6. The third-order valence-electron chi connectivity index (χ3n) is 2.73. The number of hydrogen-bond acceptors (Lipinski definition) is 5. The van der Waals surface area contributed by atoms with E-state index in [2.05, 4.69) is 0 Å². The quantitative estimate of drug-likeness (QED) is 0.755. The van der Waals surface area contributed by atoms with Crippen LogP contribution in [0.4, 0.5) is 0 Å². The maximum Gasteiger partial charge on any atom is 0.335 e. The number of rotatable bonds is 7. The summed E-state index contributed by atoms with van der Waals surface area (Å²) in [6.07, 6.45) is 0. The Hall–Kier alpha value is -1.64. The molecule has 0 unspecified atom stereocenters. The predicted molar refractivity (Wildman–Crippen MR) is 71.5 cm³/mol. The van der Waals surface area contributed by atoms with Crippen LogP contribution in [-0.2, 0) is 10.0 Å². The highest BCUT2D eigenvalue weighted by Crippen LogP contribution is 2.27. The fourth-order valence-electron chi connectivity index (χ4n) is 1.71. The lowest BCUT2D eigenvalue weighted by atomic mass is 10.2. The first kappa shape index (κ1) is 16.4. The summed E-state index contributed by atoms with van der Waals surface area (Å²) in [4.78, 5) is 10.7. The molecule has 1 rings (SSSR count). The van der Waals surface area contributed by atoms with Gasteiger partial charge in [0, 0.05) is 13.1 Å². The van der Waals surface area contributed by atoms with Gasteiger partial charge in [-0.1, -0.05) is 6.92 Å². The van der Waals surface area contributed by atoms with Gasteiger partial charge in [0.1, 0.15) is 10.6 Å². The maximum atomic E-state index is 12.4. The molecule has 0 aliphatic carbocycles. The Morgan fingerprint density at radius 3 is 2.50 bits per heavy atom. The Bertz CT molecular complexity index is 584. The van der Waals surface area contributed by atoms with Crippen molar-refractivity contribution in [2.75, 3.05) is 26.8 Å². The molecule has 0 radical (unpaired) electrons. The minimum absolute atomic E-state index is 0.0390. The zero-order chi connectivity index (χ0) is 15.3. The number of likely N-dealkylation sites (N-methyl/N-ethyl adjacent to an activating group) is 1. The molecule has 0 aliphatic heterocycles. The van der Waals surface area contributed by atoms with Gasteiger partial charge in [0.05, 0.1) is 19.3 Å². The van der Waals surface area contributed by atoms with Crippen LogP contribution in [0, 0.1) is 0 Å². The van der Waals surface area contributed by atoms with Gasteiger partial charge in [0.25, 0.3) is 0 Å². The average Bonchev–Trinajstić information content (AvgIpc) is 2.43. The number of nitrogens with zero attached hydrogens (tertiary/aromatic N) is 1. The van der Waals surface area contributed by atoms with Gasteiger partial charge >= 0.3 is 5.97 Å². The molecule has 0 atom stereocenters. The van der Waals surface area contributed by atoms with Crippen LogP contribution in [0.3, 0.4) is 0 Å². The second-order valence-electron chi connectivity index (χ2n) is 3.89. The van der Waals surface area contributed by atoms with E-state index >= 15 is 0 Å². The van der Waals surface area contributed by atoms with E-state index < -0.39 is 16.0 Å². The maximum absolute atomic E-state index is 12.4. The molecular formula is C12H17NO6S. The first-order valence-corrected chi connectivity index (χ1v) is 7.34. The van der Waals surface area contributed by atoms with Crippen LogP contribution in [0.2, 0.25) is 0 Å². The van der Waals surface area contributed by atoms with Crippen molar-refractivity contribution in [3.05, 3.63) is 23.8 Å². The number of methoxy groups -OCH3 is 1. The Morgan fingerprint density at radius 2 is 2.05 bits per heavy atom. The van der Waals surface area contributed by atoms with Crippen molar-refractivity contribution in [2.24, 2.45) is 0 Å². The zero-order valence-electron chi connectivity index (χ0n) is 11.2. The number of aliphatic hydroxyl groups is 1. The monoisotopic (exact) mass is 303 g/mol. The first-order valence-electron chi connectivity index (χ1n) is 5.90. The highest BCUT2D eigenvalue weighted by atomic mass is 32.2. The van der Waals surface area contributed by atoms with Crippen LogP contribution in [-0.4, -0.2) is 55.7 Å². The molecule has 1 aromatic carbocycles. The molecule has 112 valence electrons. The molecule has 1 aromatic rings. The summed E-state index contributed by atoms with van der Waals surface area (Å²) < 4.78 is 30.9. The van der Waals surface area contributed by atoms with Crippen molar-refractivity contribution < 1.29 is 28.2 Å². The summed E-state index contributed by atoms with van der Waals surface area (Å²) in [5, 5.41) is 17.8. The van der Waals surface area contributed by atoms with Crippen LogP contribution < -0.4 is 4.74 Å². The van der Waals surface area contributed by atoms with Crippen LogP contribution in [0.5, 0.6) is 5.75 Å². The smallest absolute Gasteiger partial charge is 0.335 e. The highest BCUT2D eigenvalue weighted by molar-refractivity contribution is 7.89. The summed E-state index contributed by atoms with van der Waals surface area (Å²) in [5.74, 6) is -1.21. The average molecular weight is 303 g/mol. The molecule has 0 saturated heterocycles. The lowest BCUT2D eigenvalue weighted by molar-refractivity contribution is 0.0696. The van der Waals surface area contributed by atoms with Gasteiger partial charge in [-0.2, -0.15) is 4.31 Å². The SMILES string of the molecule is CCN(CCO)S(=O)(=O)c1ccc(C(=O)O)cc1OC. The minimum Gasteiger partial charge on any atom is -0.495 e. The Kier molecular flexibility index (Phi) is 5.49. The topological polar surface area (TPSA) is 104 Å². The van der Waals surface area contributed by atoms with Crippen molar-refractivity contribution >= 4 is 16.0 Å². The van der Waals surface area contributed by atoms with Crippen molar-refractivity contribution in [3.8, 4) is 5.75 Å². The van der Waals surface area contributed by atoms with E-state index in [-0.39, 0.29) is 35.9 Å². The lowest BCUT2D eigenvalue weighted by Gasteiger charge is -2.20. The Balaban J connectivity index is 3.34. The van der Waals surface area contributed by atoms with Gasteiger partial charge in [-0.05, 0) is 18.2 Å². The predicted octanol–water partition coefficient (Wildman–Crippen LogP) is 0.396. The second-order valence-corrected chi connectivity index (χ2v) is 5.80. The highest BCUT2D eigenvalue weighted by Gasteiger charge is 2.26. The number of sulfonamides is 1. The third-order valence-corrected chi connectivity index (χ3v) is 4.74. The molecule has 0 saturated carbocycles. The number of carbonyl (C=O) groups is 1. The van der Waals surface area contributed by atoms with Crippen molar-refractivity contribution in [3.63, 3.8) is 0 Å². The lowest BCUT2D eigenvalue weighted by Crippen LogP contribution is -2.33. The molecule has 8 heteroatoms. The molecule has 20 heavy (non-hydrogen) atoms. The number of aromatic carboxylic acids is 1. The fraction of sp³-hybridized carbons (Fsp3) is 0.417. The summed E-state index contributed by atoms with van der Waals surface area (Å²) in [6.45, 7) is 1.49. The molecule has 0 bridgehead atoms. The number of carboxylic acid groups (broad SMARTS) is 1. The van der Waals surface area contributed by atoms with E-state index in [1.165, 1.54) is 19.2 Å². The number of carboxylic acids is 1. The molecule has 2 N–H and O–H groups in total. The van der Waals surface area contributed by atoms with Gasteiger partial charge in [-0.3, -0.25) is 0 Å². The van der Waals surface area contributed by atoms with E-state index in [1.54, 1.807) is 6.92 Å². The molecule has 0 amide bonds. The van der Waals surface area contributed by atoms with Gasteiger partial charge < -0.3 is 14.9 Å². The van der Waals surface area contributed by atoms with E-state index in [0.29, 0.717) is 0 Å². The summed E-state index contributed by atoms with van der Waals surface area (Å²) in [5.41, 5.74) is -0.0639. The van der Waals surface area contributed by atoms with E-state index in [1.807, 2.05) is 0 Å². The van der Waals surface area contributed by atoms with Crippen LogP contribution in [0.25, 0.3) is 0 Å². The molecule has 0 fully saturated rings. The molecular weight excluding hydrogens is 286 g/mol. The number of ether oxygens (including phenoxy) is 1. The zero-order valence-corrected chi connectivity index (χ0v) is 12.1. The fourth-order valence-corrected chi connectivity index (χ4v) is 3.29. The second kappa shape index (κ2) is 6.69. The van der Waals surface area contributed by atoms with Crippen LogP contribution >= 0.6 is 0 Å². The number of benzene rings is 1. The third kappa shape index (κ3) is 3.27. The van der Waals surface area contributed by atoms with Gasteiger partial charge in [0.15, 0.2) is 0 Å². The minimum atomic E-state index is -3.84. The summed E-state index contributed by atoms with van der Waals surface area (Å²) in [6, 6.07) is 3.55. The van der Waals surface area contributed by atoms with Crippen LogP contribution in [0.15, 0.2) is 23.1 Å². The van der Waals surface area contributed by atoms with E-state index in [0.717, 1.165) is 10.4 Å². The number of aliphatic hydroxyl groups excluding tert-OH is 1. The van der Waals surface area contributed by atoms with Gasteiger partial charge in [0.2, 0.25) is 10.0 Å². The molecule has 0 aliphatic rings. The van der Waals surface area contributed by atoms with Crippen molar-refractivity contribution in [2.45, 2.75) is 11.8 Å². The molecule has 0 aromatic heterocycles. The standard InChI is InChI=1S/C12H17NO6S/c1-3-13(6-7-14)20(17,18)11-5-4-9(12(15)16)8-10(11)19-2/h4-5,8,14H,3,6-7H2,1-2H3,(H,15,16). The van der Waals surface area contributed by atoms with Crippen LogP contribution in [0.1, 0.15) is 17.3 Å². The summed E-state index contributed by atoms with van der Waals surface area (Å²) >= 11 is 0. The van der Waals surface area contributed by atoms with E-state index in [9.17, 15) is 13.2 Å². The Morgan fingerprint density at radius 1 is 1.40 bits per heavy atom. The van der Waals surface area contributed by atoms with Crippen molar-refractivity contribution in [1.29, 1.82) is 0 Å². The van der Waals surface area contributed by atoms with Gasteiger partial charge in [-0.25, -0.2) is 13.2 Å². The molecule has 0 spiro atoms. The first-order chi connectivity index (χ1) is 9.38.